The van der Waals surface area contributed by atoms with Gasteiger partial charge >= 0.3 is 0 Å². The van der Waals surface area contributed by atoms with Crippen LogP contribution in [0.25, 0.3) is 0 Å². The highest BCUT2D eigenvalue weighted by molar-refractivity contribution is 6.36. The average Bonchev–Trinajstić information content (AvgIpc) is 2.35. The van der Waals surface area contributed by atoms with Crippen LogP contribution in [0.4, 0.5) is 0 Å². The second-order valence-electron chi connectivity index (χ2n) is 5.98. The molecule has 0 amide bonds. The Kier molecular flexibility index (Phi) is 7.32. The molecule has 20 heavy (non-hydrogen) atoms. The van der Waals surface area contributed by atoms with Gasteiger partial charge in [0.2, 0.25) is 0 Å². The molecule has 1 unspecified atom stereocenters. The molecular formula is C16H25Cl2NO. The summed E-state index contributed by atoms with van der Waals surface area (Å²) in [5.74, 6) is 0. The fraction of sp³-hybridized carbons (Fsp3) is 0.625. The maximum atomic E-state index is 6.24. The fourth-order valence-electron chi connectivity index (χ4n) is 1.86. The molecule has 0 saturated carbocycles. The lowest BCUT2D eigenvalue weighted by Crippen LogP contribution is -2.38. The lowest BCUT2D eigenvalue weighted by atomic mass is 10.1. The van der Waals surface area contributed by atoms with Crippen LogP contribution in [0.5, 0.6) is 0 Å². The lowest BCUT2D eigenvalue weighted by molar-refractivity contribution is -0.0143. The zero-order valence-electron chi connectivity index (χ0n) is 12.8. The molecule has 1 atom stereocenters. The van der Waals surface area contributed by atoms with Gasteiger partial charge in [0.1, 0.15) is 0 Å². The van der Waals surface area contributed by atoms with Gasteiger partial charge in [-0.05, 0) is 57.9 Å². The Bertz CT molecular complexity index is 395. The van der Waals surface area contributed by atoms with Crippen LogP contribution in [0.3, 0.4) is 0 Å². The quantitative estimate of drug-likeness (QED) is 0.785. The van der Waals surface area contributed by atoms with E-state index in [9.17, 15) is 0 Å². The number of benzene rings is 1. The van der Waals surface area contributed by atoms with Crippen molar-refractivity contribution in [3.8, 4) is 0 Å². The molecular weight excluding hydrogens is 293 g/mol. The second-order valence-corrected chi connectivity index (χ2v) is 6.79. The van der Waals surface area contributed by atoms with Gasteiger partial charge in [0.05, 0.1) is 12.2 Å². The number of ether oxygens (including phenoxy) is 1. The van der Waals surface area contributed by atoms with Crippen LogP contribution >= 0.6 is 23.2 Å². The molecule has 0 spiro atoms. The molecule has 0 radical (unpaired) electrons. The third kappa shape index (κ3) is 6.45. The van der Waals surface area contributed by atoms with Crippen LogP contribution in [0.1, 0.15) is 39.7 Å². The second kappa shape index (κ2) is 8.23. The van der Waals surface area contributed by atoms with E-state index in [4.69, 9.17) is 27.9 Å². The standard InChI is InChI=1S/C16H25Cl2NO/c1-5-9-19-12(11-20-16(2,3)4)10-13-14(17)7-6-8-15(13)18/h6-8,12,19H,5,9-11H2,1-4H3. The molecule has 114 valence electrons. The number of halogens is 2. The Morgan fingerprint density at radius 3 is 2.30 bits per heavy atom. The number of rotatable bonds is 7. The van der Waals surface area contributed by atoms with Gasteiger partial charge in [0, 0.05) is 16.1 Å². The summed E-state index contributed by atoms with van der Waals surface area (Å²) in [6.07, 6.45) is 1.86. The topological polar surface area (TPSA) is 21.3 Å². The zero-order valence-corrected chi connectivity index (χ0v) is 14.3. The highest BCUT2D eigenvalue weighted by Crippen LogP contribution is 2.25. The predicted molar refractivity (Wildman–Crippen MR) is 88.0 cm³/mol. The van der Waals surface area contributed by atoms with Gasteiger partial charge in [-0.1, -0.05) is 36.2 Å². The first kappa shape index (κ1) is 17.8. The first-order valence-electron chi connectivity index (χ1n) is 7.13. The Labute approximate surface area is 132 Å². The SMILES string of the molecule is CCCNC(COC(C)(C)C)Cc1c(Cl)cccc1Cl. The van der Waals surface area contributed by atoms with Crippen molar-refractivity contribution in [3.63, 3.8) is 0 Å². The van der Waals surface area contributed by atoms with E-state index in [0.29, 0.717) is 6.61 Å². The molecule has 1 N–H and O–H groups in total. The molecule has 0 bridgehead atoms. The highest BCUT2D eigenvalue weighted by Gasteiger charge is 2.17. The molecule has 4 heteroatoms. The van der Waals surface area contributed by atoms with Crippen LogP contribution in [-0.4, -0.2) is 24.8 Å². The van der Waals surface area contributed by atoms with Crippen LogP contribution in [0.2, 0.25) is 10.0 Å². The van der Waals surface area contributed by atoms with E-state index >= 15 is 0 Å². The van der Waals surface area contributed by atoms with Crippen LogP contribution in [0.15, 0.2) is 18.2 Å². The molecule has 2 nitrogen and oxygen atoms in total. The van der Waals surface area contributed by atoms with Gasteiger partial charge in [-0.2, -0.15) is 0 Å². The summed E-state index contributed by atoms with van der Waals surface area (Å²) < 4.78 is 5.89. The monoisotopic (exact) mass is 317 g/mol. The summed E-state index contributed by atoms with van der Waals surface area (Å²) in [7, 11) is 0. The van der Waals surface area contributed by atoms with Crippen molar-refractivity contribution in [1.82, 2.24) is 5.32 Å². The number of hydrogen-bond donors (Lipinski definition) is 1. The van der Waals surface area contributed by atoms with E-state index < -0.39 is 0 Å². The van der Waals surface area contributed by atoms with E-state index in [0.717, 1.165) is 35.0 Å². The molecule has 0 fully saturated rings. The summed E-state index contributed by atoms with van der Waals surface area (Å²) in [6, 6.07) is 5.84. The van der Waals surface area contributed by atoms with Crippen molar-refractivity contribution < 1.29 is 4.74 Å². The Morgan fingerprint density at radius 1 is 1.20 bits per heavy atom. The van der Waals surface area contributed by atoms with E-state index in [-0.39, 0.29) is 11.6 Å². The average molecular weight is 318 g/mol. The third-order valence-electron chi connectivity index (χ3n) is 2.91. The minimum absolute atomic E-state index is 0.142. The van der Waals surface area contributed by atoms with Gasteiger partial charge < -0.3 is 10.1 Å². The summed E-state index contributed by atoms with van der Waals surface area (Å²) in [6.45, 7) is 9.94. The van der Waals surface area contributed by atoms with Gasteiger partial charge in [-0.3, -0.25) is 0 Å². The molecule has 0 saturated heterocycles. The first-order chi connectivity index (χ1) is 9.33. The third-order valence-corrected chi connectivity index (χ3v) is 3.62. The van der Waals surface area contributed by atoms with Gasteiger partial charge in [0.25, 0.3) is 0 Å². The molecule has 0 aliphatic rings. The maximum absolute atomic E-state index is 6.24. The van der Waals surface area contributed by atoms with Crippen molar-refractivity contribution >= 4 is 23.2 Å². The van der Waals surface area contributed by atoms with Gasteiger partial charge in [-0.25, -0.2) is 0 Å². The zero-order chi connectivity index (χ0) is 15.2. The molecule has 1 aromatic rings. The predicted octanol–water partition coefficient (Wildman–Crippen LogP) is 4.72. The molecule has 0 aromatic heterocycles. The van der Waals surface area contributed by atoms with Crippen molar-refractivity contribution in [2.24, 2.45) is 0 Å². The van der Waals surface area contributed by atoms with Crippen LogP contribution in [-0.2, 0) is 11.2 Å². The van der Waals surface area contributed by atoms with Gasteiger partial charge in [0.15, 0.2) is 0 Å². The maximum Gasteiger partial charge on any atom is 0.0630 e. The van der Waals surface area contributed by atoms with Crippen molar-refractivity contribution in [1.29, 1.82) is 0 Å². The largest absolute Gasteiger partial charge is 0.374 e. The minimum atomic E-state index is -0.142. The van der Waals surface area contributed by atoms with Crippen molar-refractivity contribution in [3.05, 3.63) is 33.8 Å². The molecule has 1 rings (SSSR count). The highest BCUT2D eigenvalue weighted by atomic mass is 35.5. The van der Waals surface area contributed by atoms with E-state index in [1.807, 2.05) is 18.2 Å². The molecule has 1 aromatic carbocycles. The summed E-state index contributed by atoms with van der Waals surface area (Å²) in [4.78, 5) is 0. The molecule has 0 aliphatic heterocycles. The van der Waals surface area contributed by atoms with Crippen molar-refractivity contribution in [2.45, 2.75) is 52.2 Å². The Morgan fingerprint density at radius 2 is 1.80 bits per heavy atom. The summed E-state index contributed by atoms with van der Waals surface area (Å²) >= 11 is 12.5. The minimum Gasteiger partial charge on any atom is -0.374 e. The van der Waals surface area contributed by atoms with E-state index in [1.165, 1.54) is 0 Å². The normalized spacial score (nSPS) is 13.5. The molecule has 0 heterocycles. The van der Waals surface area contributed by atoms with Crippen molar-refractivity contribution in [2.75, 3.05) is 13.2 Å². The summed E-state index contributed by atoms with van der Waals surface area (Å²) in [5.41, 5.74) is 0.845. The summed E-state index contributed by atoms with van der Waals surface area (Å²) in [5, 5.41) is 4.94. The van der Waals surface area contributed by atoms with E-state index in [2.05, 4.69) is 33.0 Å². The Balaban J connectivity index is 2.73. The van der Waals surface area contributed by atoms with E-state index in [1.54, 1.807) is 0 Å². The molecule has 0 aliphatic carbocycles. The smallest absolute Gasteiger partial charge is 0.0630 e. The number of hydrogen-bond acceptors (Lipinski definition) is 2. The number of nitrogens with one attached hydrogen (secondary N) is 1. The Hall–Kier alpha value is -0.280. The first-order valence-corrected chi connectivity index (χ1v) is 7.89. The fourth-order valence-corrected chi connectivity index (χ4v) is 2.41. The van der Waals surface area contributed by atoms with Crippen LogP contribution in [0, 0.1) is 0 Å². The van der Waals surface area contributed by atoms with Gasteiger partial charge in [-0.15, -0.1) is 0 Å². The van der Waals surface area contributed by atoms with Crippen LogP contribution < -0.4 is 5.32 Å². The lowest BCUT2D eigenvalue weighted by Gasteiger charge is -2.26.